The molecule has 0 bridgehead atoms. The van der Waals surface area contributed by atoms with Gasteiger partial charge in [0, 0.05) is 44.2 Å². The molecule has 4 rings (SSSR count). The second kappa shape index (κ2) is 10.2. The molecule has 1 aliphatic heterocycles. The zero-order valence-electron chi connectivity index (χ0n) is 20.0. The number of aryl methyl sites for hydroxylation is 2. The van der Waals surface area contributed by atoms with E-state index in [1.165, 1.54) is 6.07 Å². The molecule has 7 nitrogen and oxygen atoms in total. The predicted molar refractivity (Wildman–Crippen MR) is 131 cm³/mol. The highest BCUT2D eigenvalue weighted by Crippen LogP contribution is 2.33. The summed E-state index contributed by atoms with van der Waals surface area (Å²) in [5, 5.41) is 9.68. The molecule has 0 radical (unpaired) electrons. The van der Waals surface area contributed by atoms with E-state index in [2.05, 4.69) is 25.4 Å². The fourth-order valence-electron chi connectivity index (χ4n) is 4.19. The molecule has 0 unspecified atom stereocenters. The summed E-state index contributed by atoms with van der Waals surface area (Å²) in [5.41, 5.74) is 5.38. The molecule has 2 heterocycles. The number of rotatable bonds is 7. The van der Waals surface area contributed by atoms with Gasteiger partial charge >= 0.3 is 0 Å². The number of halogens is 1. The van der Waals surface area contributed by atoms with Crippen LogP contribution in [0.1, 0.15) is 40.1 Å². The molecule has 0 saturated heterocycles. The predicted octanol–water partition coefficient (Wildman–Crippen LogP) is 4.09. The van der Waals surface area contributed by atoms with Crippen molar-refractivity contribution in [3.05, 3.63) is 70.7 Å². The zero-order valence-corrected chi connectivity index (χ0v) is 20.0. The Balaban J connectivity index is 1.73. The topological polar surface area (TPSA) is 82.6 Å². The number of H-pyrrole nitrogens is 1. The van der Waals surface area contributed by atoms with E-state index in [1.807, 2.05) is 38.1 Å². The maximum Gasteiger partial charge on any atom is 0.254 e. The largest absolute Gasteiger partial charge is 0.484 e. The van der Waals surface area contributed by atoms with Crippen molar-refractivity contribution in [3.8, 4) is 17.0 Å². The molecule has 178 valence electrons. The number of aromatic amines is 1. The average molecular weight is 464 g/mol. The minimum absolute atomic E-state index is 0.259. The monoisotopic (exact) mass is 463 g/mol. The van der Waals surface area contributed by atoms with Gasteiger partial charge < -0.3 is 10.1 Å². The van der Waals surface area contributed by atoms with Gasteiger partial charge in [0.05, 0.1) is 17.8 Å². The first-order valence-corrected chi connectivity index (χ1v) is 11.4. The second-order valence-electron chi connectivity index (χ2n) is 8.68. The van der Waals surface area contributed by atoms with Crippen LogP contribution >= 0.6 is 0 Å². The van der Waals surface area contributed by atoms with Gasteiger partial charge in [0.1, 0.15) is 17.7 Å². The maximum atomic E-state index is 14.5. The van der Waals surface area contributed by atoms with E-state index in [1.54, 1.807) is 26.2 Å². The molecular weight excluding hydrogens is 433 g/mol. The van der Waals surface area contributed by atoms with Crippen LogP contribution in [0, 0.1) is 19.7 Å². The fourth-order valence-corrected chi connectivity index (χ4v) is 4.19. The SMILES string of the molecule is CNC(=O)c1cc(-c2ccn[nH]2)c(C)cc1O[C@H](CN1CCN=C(C)C1)c1ccc(C)c(F)c1. The van der Waals surface area contributed by atoms with Crippen molar-refractivity contribution < 1.29 is 13.9 Å². The molecule has 3 aromatic rings. The van der Waals surface area contributed by atoms with Crippen LogP contribution in [0.5, 0.6) is 5.75 Å². The highest BCUT2D eigenvalue weighted by Gasteiger charge is 2.24. The fraction of sp³-hybridized carbons (Fsp3) is 0.346. The van der Waals surface area contributed by atoms with Crippen LogP contribution < -0.4 is 10.1 Å². The van der Waals surface area contributed by atoms with Gasteiger partial charge in [-0.05, 0) is 61.7 Å². The van der Waals surface area contributed by atoms with Gasteiger partial charge in [-0.3, -0.25) is 19.8 Å². The summed E-state index contributed by atoms with van der Waals surface area (Å²) in [7, 11) is 1.59. The van der Waals surface area contributed by atoms with Crippen LogP contribution in [0.15, 0.2) is 47.6 Å². The third-order valence-corrected chi connectivity index (χ3v) is 6.10. The Morgan fingerprint density at radius 1 is 1.21 bits per heavy atom. The molecular formula is C26H30FN5O2. The number of nitrogens with one attached hydrogen (secondary N) is 2. The molecule has 0 saturated carbocycles. The van der Waals surface area contributed by atoms with Crippen LogP contribution in [0.3, 0.4) is 0 Å². The van der Waals surface area contributed by atoms with Gasteiger partial charge in [0.2, 0.25) is 0 Å². The highest BCUT2D eigenvalue weighted by molar-refractivity contribution is 5.98. The van der Waals surface area contributed by atoms with Crippen molar-refractivity contribution in [3.63, 3.8) is 0 Å². The minimum atomic E-state index is -0.471. The zero-order chi connectivity index (χ0) is 24.2. The second-order valence-corrected chi connectivity index (χ2v) is 8.68. The van der Waals surface area contributed by atoms with E-state index < -0.39 is 6.10 Å². The van der Waals surface area contributed by atoms with Crippen LogP contribution in [0.25, 0.3) is 11.3 Å². The normalized spacial score (nSPS) is 15.0. The third-order valence-electron chi connectivity index (χ3n) is 6.10. The molecule has 0 spiro atoms. The lowest BCUT2D eigenvalue weighted by Crippen LogP contribution is -2.39. The van der Waals surface area contributed by atoms with Crippen molar-refractivity contribution in [1.82, 2.24) is 20.4 Å². The number of benzene rings is 2. The Hall–Kier alpha value is -3.52. The molecule has 1 aromatic heterocycles. The number of hydrogen-bond donors (Lipinski definition) is 2. The lowest BCUT2D eigenvalue weighted by Gasteiger charge is -2.30. The van der Waals surface area contributed by atoms with E-state index in [0.29, 0.717) is 23.4 Å². The van der Waals surface area contributed by atoms with E-state index in [9.17, 15) is 9.18 Å². The number of aromatic nitrogens is 2. The lowest BCUT2D eigenvalue weighted by molar-refractivity contribution is 0.0949. The van der Waals surface area contributed by atoms with Gasteiger partial charge in [-0.25, -0.2) is 4.39 Å². The minimum Gasteiger partial charge on any atom is -0.484 e. The van der Waals surface area contributed by atoms with Crippen molar-refractivity contribution in [2.24, 2.45) is 4.99 Å². The number of carbonyl (C=O) groups is 1. The number of ether oxygens (including phenoxy) is 1. The van der Waals surface area contributed by atoms with Gasteiger partial charge in [-0.2, -0.15) is 5.10 Å². The number of amides is 1. The number of hydrogen-bond acceptors (Lipinski definition) is 5. The lowest BCUT2D eigenvalue weighted by atomic mass is 10.00. The Morgan fingerprint density at radius 3 is 2.71 bits per heavy atom. The quantitative estimate of drug-likeness (QED) is 0.553. The molecule has 8 heteroatoms. The van der Waals surface area contributed by atoms with E-state index in [4.69, 9.17) is 4.74 Å². The van der Waals surface area contributed by atoms with Crippen molar-refractivity contribution in [2.45, 2.75) is 26.9 Å². The number of aliphatic imine (C=N–C) groups is 1. The summed E-state index contributed by atoms with van der Waals surface area (Å²) < 4.78 is 21.0. The van der Waals surface area contributed by atoms with Crippen molar-refractivity contribution in [1.29, 1.82) is 0 Å². The average Bonchev–Trinajstić information content (AvgIpc) is 3.35. The molecule has 0 fully saturated rings. The number of carbonyl (C=O) groups excluding carboxylic acids is 1. The molecule has 1 aliphatic rings. The highest BCUT2D eigenvalue weighted by atomic mass is 19.1. The smallest absolute Gasteiger partial charge is 0.254 e. The molecule has 1 amide bonds. The van der Waals surface area contributed by atoms with Crippen LogP contribution in [0.2, 0.25) is 0 Å². The molecule has 2 aromatic carbocycles. The first-order valence-electron chi connectivity index (χ1n) is 11.4. The summed E-state index contributed by atoms with van der Waals surface area (Å²) in [6.45, 7) is 8.50. The third kappa shape index (κ3) is 5.17. The Labute approximate surface area is 199 Å². The summed E-state index contributed by atoms with van der Waals surface area (Å²) in [6, 6.07) is 10.7. The van der Waals surface area contributed by atoms with Gasteiger partial charge in [-0.1, -0.05) is 12.1 Å². The van der Waals surface area contributed by atoms with E-state index in [-0.39, 0.29) is 11.7 Å². The van der Waals surface area contributed by atoms with Crippen LogP contribution in [-0.2, 0) is 0 Å². The maximum absolute atomic E-state index is 14.5. The number of nitrogens with zero attached hydrogens (tertiary/aromatic N) is 3. The van der Waals surface area contributed by atoms with Gasteiger partial charge in [-0.15, -0.1) is 0 Å². The first kappa shape index (κ1) is 23.6. The Bertz CT molecular complexity index is 1210. The molecule has 2 N–H and O–H groups in total. The molecule has 1 atom stereocenters. The standard InChI is InChI=1S/C26H30FN5O2/c1-16-5-6-19(12-22(16)27)25(15-32-10-9-29-18(3)14-32)34-24-11-17(2)20(23-7-8-30-31-23)13-21(24)26(33)28-4/h5-8,11-13,25H,9-10,14-15H2,1-4H3,(H,28,33)(H,30,31)/t25-/m1/s1. The van der Waals surface area contributed by atoms with Crippen molar-refractivity contribution in [2.75, 3.05) is 33.2 Å². The summed E-state index contributed by atoms with van der Waals surface area (Å²) in [6.07, 6.45) is 1.20. The summed E-state index contributed by atoms with van der Waals surface area (Å²) >= 11 is 0. The van der Waals surface area contributed by atoms with Crippen molar-refractivity contribution >= 4 is 11.6 Å². The van der Waals surface area contributed by atoms with Gasteiger partial charge in [0.25, 0.3) is 5.91 Å². The molecule has 0 aliphatic carbocycles. The van der Waals surface area contributed by atoms with Crippen LogP contribution in [0.4, 0.5) is 4.39 Å². The summed E-state index contributed by atoms with van der Waals surface area (Å²) in [4.78, 5) is 19.5. The van der Waals surface area contributed by atoms with E-state index >= 15 is 0 Å². The molecule has 34 heavy (non-hydrogen) atoms. The first-order chi connectivity index (χ1) is 16.4. The Morgan fingerprint density at radius 2 is 2.03 bits per heavy atom. The summed E-state index contributed by atoms with van der Waals surface area (Å²) in [5.74, 6) is -0.0844. The van der Waals surface area contributed by atoms with Gasteiger partial charge in [0.15, 0.2) is 0 Å². The van der Waals surface area contributed by atoms with Crippen LogP contribution in [-0.4, -0.2) is 59.9 Å². The Kier molecular flexibility index (Phi) is 7.07. The van der Waals surface area contributed by atoms with E-state index in [0.717, 1.165) is 47.7 Å².